The molecule has 0 heterocycles. The number of hydrogen-bond acceptors (Lipinski definition) is 2. The van der Waals surface area contributed by atoms with Gasteiger partial charge in [-0.05, 0) is 25.7 Å². The highest BCUT2D eigenvalue weighted by atomic mass is 16.5. The van der Waals surface area contributed by atoms with Gasteiger partial charge in [-0.2, -0.15) is 0 Å². The first-order valence-corrected chi connectivity index (χ1v) is 11.3. The third-order valence-corrected chi connectivity index (χ3v) is 5.63. The molecule has 152 valence electrons. The zero-order valence-corrected chi connectivity index (χ0v) is 17.8. The van der Waals surface area contributed by atoms with Crippen molar-refractivity contribution in [3.8, 4) is 11.5 Å². The van der Waals surface area contributed by atoms with Gasteiger partial charge in [-0.25, -0.2) is 0 Å². The van der Waals surface area contributed by atoms with Crippen molar-refractivity contribution in [3.05, 3.63) is 47.5 Å². The van der Waals surface area contributed by atoms with Gasteiger partial charge in [0.05, 0.1) is 13.2 Å². The summed E-state index contributed by atoms with van der Waals surface area (Å²) in [5.41, 5.74) is 2.67. The SMILES string of the molecule is CCCCCCOc1c2c(c(OCCCCCC)c3ccccc13)CC=CC2. The Morgan fingerprint density at radius 3 is 1.54 bits per heavy atom. The van der Waals surface area contributed by atoms with Crippen LogP contribution in [0.1, 0.15) is 76.3 Å². The van der Waals surface area contributed by atoms with Gasteiger partial charge in [0.2, 0.25) is 0 Å². The molecular weight excluding hydrogens is 344 g/mol. The number of benzene rings is 2. The number of unbranched alkanes of at least 4 members (excludes halogenated alkanes) is 6. The minimum atomic E-state index is 0.803. The Morgan fingerprint density at radius 2 is 1.11 bits per heavy atom. The van der Waals surface area contributed by atoms with E-state index in [9.17, 15) is 0 Å². The molecule has 0 atom stereocenters. The molecule has 0 radical (unpaired) electrons. The van der Waals surface area contributed by atoms with Crippen molar-refractivity contribution in [2.24, 2.45) is 0 Å². The van der Waals surface area contributed by atoms with E-state index >= 15 is 0 Å². The molecule has 0 unspecified atom stereocenters. The zero-order valence-electron chi connectivity index (χ0n) is 17.8. The molecule has 1 aliphatic carbocycles. The van der Waals surface area contributed by atoms with Crippen LogP contribution in [0.15, 0.2) is 36.4 Å². The van der Waals surface area contributed by atoms with Gasteiger partial charge in [-0.1, -0.05) is 88.8 Å². The molecule has 0 bridgehead atoms. The second-order valence-electron chi connectivity index (χ2n) is 7.86. The van der Waals surface area contributed by atoms with Crippen molar-refractivity contribution in [3.63, 3.8) is 0 Å². The first kappa shape index (κ1) is 20.8. The third kappa shape index (κ3) is 5.10. The highest BCUT2D eigenvalue weighted by molar-refractivity contribution is 5.96. The maximum atomic E-state index is 6.39. The molecule has 1 aliphatic rings. The monoisotopic (exact) mass is 380 g/mol. The molecule has 3 rings (SSSR count). The van der Waals surface area contributed by atoms with Crippen LogP contribution in [-0.4, -0.2) is 13.2 Å². The summed E-state index contributed by atoms with van der Waals surface area (Å²) in [5, 5.41) is 2.41. The van der Waals surface area contributed by atoms with E-state index in [1.54, 1.807) is 0 Å². The largest absolute Gasteiger partial charge is 0.493 e. The van der Waals surface area contributed by atoms with Gasteiger partial charge < -0.3 is 9.47 Å². The summed E-state index contributed by atoms with van der Waals surface area (Å²) in [6, 6.07) is 8.61. The summed E-state index contributed by atoms with van der Waals surface area (Å²) >= 11 is 0. The van der Waals surface area contributed by atoms with Crippen molar-refractivity contribution in [2.75, 3.05) is 13.2 Å². The van der Waals surface area contributed by atoms with E-state index < -0.39 is 0 Å². The first-order valence-electron chi connectivity index (χ1n) is 11.3. The lowest BCUT2D eigenvalue weighted by atomic mass is 9.90. The molecule has 0 saturated heterocycles. The van der Waals surface area contributed by atoms with E-state index in [-0.39, 0.29) is 0 Å². The maximum absolute atomic E-state index is 6.39. The molecule has 0 spiro atoms. The predicted octanol–water partition coefficient (Wildman–Crippen LogP) is 7.41. The van der Waals surface area contributed by atoms with E-state index in [1.807, 2.05) is 0 Å². The zero-order chi connectivity index (χ0) is 19.6. The smallest absolute Gasteiger partial charge is 0.131 e. The van der Waals surface area contributed by atoms with Crippen molar-refractivity contribution in [2.45, 2.75) is 78.1 Å². The number of hydrogen-bond donors (Lipinski definition) is 0. The Bertz CT molecular complexity index is 711. The second kappa shape index (κ2) is 11.1. The van der Waals surface area contributed by atoms with Crippen LogP contribution in [-0.2, 0) is 12.8 Å². The normalized spacial score (nSPS) is 12.9. The summed E-state index contributed by atoms with van der Waals surface area (Å²) in [4.78, 5) is 0. The minimum absolute atomic E-state index is 0.803. The summed E-state index contributed by atoms with van der Waals surface area (Å²) < 4.78 is 12.8. The lowest BCUT2D eigenvalue weighted by Gasteiger charge is -2.23. The van der Waals surface area contributed by atoms with Gasteiger partial charge in [0.25, 0.3) is 0 Å². The Hall–Kier alpha value is -1.96. The number of rotatable bonds is 12. The fourth-order valence-corrected chi connectivity index (χ4v) is 4.05. The molecular formula is C26H36O2. The Morgan fingerprint density at radius 1 is 0.643 bits per heavy atom. The maximum Gasteiger partial charge on any atom is 0.131 e. The quantitative estimate of drug-likeness (QED) is 0.282. The Balaban J connectivity index is 1.86. The standard InChI is InChI=1S/C26H36O2/c1-3-5-7-13-19-27-25-21-15-9-11-17-23(21)26(28-20-14-8-6-4-2)24-18-12-10-16-22(24)25/h9-12,15,17H,3-8,13-14,16,18-20H2,1-2H3. The van der Waals surface area contributed by atoms with Gasteiger partial charge in [0, 0.05) is 21.9 Å². The van der Waals surface area contributed by atoms with Crippen LogP contribution in [0.25, 0.3) is 10.8 Å². The van der Waals surface area contributed by atoms with Gasteiger partial charge in [-0.3, -0.25) is 0 Å². The number of allylic oxidation sites excluding steroid dienone is 2. The second-order valence-corrected chi connectivity index (χ2v) is 7.86. The Labute approximate surface area is 170 Å². The molecule has 28 heavy (non-hydrogen) atoms. The summed E-state index contributed by atoms with van der Waals surface area (Å²) in [7, 11) is 0. The first-order chi connectivity index (χ1) is 13.9. The van der Waals surface area contributed by atoms with Gasteiger partial charge in [-0.15, -0.1) is 0 Å². The fourth-order valence-electron chi connectivity index (χ4n) is 4.05. The van der Waals surface area contributed by atoms with Crippen LogP contribution in [0.5, 0.6) is 11.5 Å². The number of ether oxygens (including phenoxy) is 2. The molecule has 2 aromatic rings. The molecule has 2 heteroatoms. The lowest BCUT2D eigenvalue weighted by Crippen LogP contribution is -2.09. The summed E-state index contributed by atoms with van der Waals surface area (Å²) in [5.74, 6) is 2.18. The molecule has 0 aromatic heterocycles. The lowest BCUT2D eigenvalue weighted by molar-refractivity contribution is 0.297. The highest BCUT2D eigenvalue weighted by Gasteiger charge is 2.21. The van der Waals surface area contributed by atoms with Crippen LogP contribution in [0.4, 0.5) is 0 Å². The van der Waals surface area contributed by atoms with Crippen molar-refractivity contribution < 1.29 is 9.47 Å². The fraction of sp³-hybridized carbons (Fsp3) is 0.538. The van der Waals surface area contributed by atoms with Crippen molar-refractivity contribution in [1.82, 2.24) is 0 Å². The van der Waals surface area contributed by atoms with E-state index in [2.05, 4.69) is 50.3 Å². The van der Waals surface area contributed by atoms with Crippen LogP contribution in [0.2, 0.25) is 0 Å². The molecule has 0 fully saturated rings. The third-order valence-electron chi connectivity index (χ3n) is 5.63. The Kier molecular flexibility index (Phi) is 8.26. The summed E-state index contributed by atoms with van der Waals surface area (Å²) in [6.07, 6.45) is 16.3. The average Bonchev–Trinajstić information content (AvgIpc) is 2.74. The van der Waals surface area contributed by atoms with Gasteiger partial charge in [0.15, 0.2) is 0 Å². The van der Waals surface area contributed by atoms with Crippen molar-refractivity contribution in [1.29, 1.82) is 0 Å². The minimum Gasteiger partial charge on any atom is -0.493 e. The van der Waals surface area contributed by atoms with Crippen LogP contribution < -0.4 is 9.47 Å². The topological polar surface area (TPSA) is 18.5 Å². The molecule has 0 aliphatic heterocycles. The van der Waals surface area contributed by atoms with E-state index in [4.69, 9.17) is 9.47 Å². The van der Waals surface area contributed by atoms with Gasteiger partial charge >= 0.3 is 0 Å². The van der Waals surface area contributed by atoms with Gasteiger partial charge in [0.1, 0.15) is 11.5 Å². The van der Waals surface area contributed by atoms with Crippen LogP contribution in [0, 0.1) is 0 Å². The van der Waals surface area contributed by atoms with Crippen LogP contribution in [0.3, 0.4) is 0 Å². The molecule has 0 amide bonds. The van der Waals surface area contributed by atoms with Crippen LogP contribution >= 0.6 is 0 Å². The molecule has 2 aromatic carbocycles. The highest BCUT2D eigenvalue weighted by Crippen LogP contribution is 2.43. The van der Waals surface area contributed by atoms with E-state index in [0.29, 0.717) is 0 Å². The predicted molar refractivity (Wildman–Crippen MR) is 120 cm³/mol. The number of fused-ring (bicyclic) bond motifs is 2. The molecule has 0 saturated carbocycles. The average molecular weight is 381 g/mol. The summed E-state index contributed by atoms with van der Waals surface area (Å²) in [6.45, 7) is 6.10. The van der Waals surface area contributed by atoms with Crippen molar-refractivity contribution >= 4 is 10.8 Å². The van der Waals surface area contributed by atoms with E-state index in [1.165, 1.54) is 60.4 Å². The van der Waals surface area contributed by atoms with E-state index in [0.717, 1.165) is 50.4 Å². The molecule has 0 N–H and O–H groups in total. The molecule has 2 nitrogen and oxygen atoms in total.